The topological polar surface area (TPSA) is 90.4 Å². The number of nitrogens with one attached hydrogen (secondary N) is 1. The highest BCUT2D eigenvalue weighted by Crippen LogP contribution is 2.36. The third-order valence-corrected chi connectivity index (χ3v) is 4.12. The molecule has 0 bridgehead atoms. The molecule has 2 aromatic carbocycles. The Balaban J connectivity index is 2.29. The number of hydrogen-bond acceptors (Lipinski definition) is 2. The quantitative estimate of drug-likeness (QED) is 0.665. The molecule has 0 aliphatic heterocycles. The fraction of sp³-hybridized carbons (Fsp3) is 0.158. The van der Waals surface area contributed by atoms with Crippen LogP contribution < -0.4 is 0 Å². The predicted molar refractivity (Wildman–Crippen MR) is 91.7 cm³/mol. The van der Waals surface area contributed by atoms with Gasteiger partial charge in [-0.15, -0.1) is 0 Å². The molecule has 0 saturated heterocycles. The van der Waals surface area contributed by atoms with Crippen molar-refractivity contribution in [1.29, 1.82) is 0 Å². The van der Waals surface area contributed by atoms with Gasteiger partial charge in [0.1, 0.15) is 5.69 Å². The maximum atomic E-state index is 11.7. The van der Waals surface area contributed by atoms with Crippen molar-refractivity contribution in [3.8, 4) is 11.1 Å². The van der Waals surface area contributed by atoms with Crippen LogP contribution in [-0.2, 0) is 0 Å². The van der Waals surface area contributed by atoms with Crippen molar-refractivity contribution in [3.05, 3.63) is 59.3 Å². The van der Waals surface area contributed by atoms with Crippen molar-refractivity contribution in [3.63, 3.8) is 0 Å². The lowest BCUT2D eigenvalue weighted by Crippen LogP contribution is -1.99. The Kier molecular flexibility index (Phi) is 3.85. The summed E-state index contributed by atoms with van der Waals surface area (Å²) < 4.78 is 0. The Morgan fingerprint density at radius 3 is 2.17 bits per heavy atom. The highest BCUT2D eigenvalue weighted by Gasteiger charge is 2.21. The van der Waals surface area contributed by atoms with E-state index in [-0.39, 0.29) is 17.2 Å². The number of aromatic nitrogens is 1. The highest BCUT2D eigenvalue weighted by molar-refractivity contribution is 6.08. The summed E-state index contributed by atoms with van der Waals surface area (Å²) in [6.45, 7) is 4.11. The van der Waals surface area contributed by atoms with Gasteiger partial charge in [0.2, 0.25) is 0 Å². The van der Waals surface area contributed by atoms with Gasteiger partial charge < -0.3 is 15.2 Å². The number of carboxylic acid groups (broad SMARTS) is 2. The van der Waals surface area contributed by atoms with Crippen molar-refractivity contribution in [1.82, 2.24) is 4.98 Å². The van der Waals surface area contributed by atoms with Crippen molar-refractivity contribution in [2.45, 2.75) is 19.8 Å². The maximum Gasteiger partial charge on any atom is 0.352 e. The molecule has 5 nitrogen and oxygen atoms in total. The smallest absolute Gasteiger partial charge is 0.352 e. The number of carbonyl (C=O) groups is 2. The van der Waals surface area contributed by atoms with Crippen molar-refractivity contribution < 1.29 is 19.8 Å². The summed E-state index contributed by atoms with van der Waals surface area (Å²) in [7, 11) is 0. The summed E-state index contributed by atoms with van der Waals surface area (Å²) in [5.41, 5.74) is 3.38. The van der Waals surface area contributed by atoms with Crippen LogP contribution in [0.25, 0.3) is 22.0 Å². The molecular formula is C19H17NO4. The fourth-order valence-electron chi connectivity index (χ4n) is 2.96. The first-order chi connectivity index (χ1) is 11.4. The Hall–Kier alpha value is -3.08. The van der Waals surface area contributed by atoms with E-state index in [1.807, 2.05) is 18.2 Å². The second kappa shape index (κ2) is 5.85. The third-order valence-electron chi connectivity index (χ3n) is 4.12. The number of fused-ring (bicyclic) bond motifs is 1. The lowest BCUT2D eigenvalue weighted by molar-refractivity contribution is 0.0683. The van der Waals surface area contributed by atoms with Gasteiger partial charge in [-0.1, -0.05) is 44.2 Å². The zero-order valence-electron chi connectivity index (χ0n) is 13.3. The highest BCUT2D eigenvalue weighted by atomic mass is 16.4. The van der Waals surface area contributed by atoms with Gasteiger partial charge in [0.25, 0.3) is 0 Å². The zero-order chi connectivity index (χ0) is 17.4. The molecule has 0 spiro atoms. The predicted octanol–water partition coefficient (Wildman–Crippen LogP) is 4.35. The molecule has 3 aromatic rings. The van der Waals surface area contributed by atoms with E-state index in [9.17, 15) is 14.7 Å². The van der Waals surface area contributed by atoms with E-state index in [0.717, 1.165) is 16.5 Å². The molecule has 1 aromatic heterocycles. The number of rotatable bonds is 4. The molecule has 0 radical (unpaired) electrons. The molecule has 0 aliphatic rings. The van der Waals surface area contributed by atoms with Crippen LogP contribution in [0.1, 0.15) is 46.2 Å². The van der Waals surface area contributed by atoms with Gasteiger partial charge >= 0.3 is 11.9 Å². The van der Waals surface area contributed by atoms with Gasteiger partial charge in [0.15, 0.2) is 0 Å². The third kappa shape index (κ3) is 2.54. The number of H-pyrrole nitrogens is 1. The molecule has 3 N–H and O–H groups in total. The maximum absolute atomic E-state index is 11.7. The van der Waals surface area contributed by atoms with Gasteiger partial charge in [0.05, 0.1) is 11.1 Å². The minimum Gasteiger partial charge on any atom is -0.478 e. The second-order valence-corrected chi connectivity index (χ2v) is 5.99. The molecule has 0 fully saturated rings. The second-order valence-electron chi connectivity index (χ2n) is 5.99. The summed E-state index contributed by atoms with van der Waals surface area (Å²) >= 11 is 0. The van der Waals surface area contributed by atoms with Crippen LogP contribution >= 0.6 is 0 Å². The van der Waals surface area contributed by atoms with Gasteiger partial charge in [-0.2, -0.15) is 0 Å². The summed E-state index contributed by atoms with van der Waals surface area (Å²) in [5, 5.41) is 19.4. The first-order valence-corrected chi connectivity index (χ1v) is 7.61. The van der Waals surface area contributed by atoms with Gasteiger partial charge in [-0.05, 0) is 29.2 Å². The Bertz CT molecular complexity index is 936. The number of aromatic amines is 1. The number of hydrogen-bond donors (Lipinski definition) is 3. The van der Waals surface area contributed by atoms with Crippen LogP contribution in [0, 0.1) is 0 Å². The van der Waals surface area contributed by atoms with Crippen LogP contribution in [0.4, 0.5) is 0 Å². The number of para-hydroxylation sites is 1. The fourth-order valence-corrected chi connectivity index (χ4v) is 2.96. The van der Waals surface area contributed by atoms with E-state index in [0.29, 0.717) is 11.1 Å². The number of benzene rings is 2. The summed E-state index contributed by atoms with van der Waals surface area (Å²) in [5.74, 6) is -1.81. The summed E-state index contributed by atoms with van der Waals surface area (Å²) in [6.07, 6.45) is 0. The normalized spacial score (nSPS) is 11.1. The monoisotopic (exact) mass is 323 g/mol. The summed E-state index contributed by atoms with van der Waals surface area (Å²) in [6, 6.07) is 12.0. The van der Waals surface area contributed by atoms with E-state index in [4.69, 9.17) is 5.11 Å². The van der Waals surface area contributed by atoms with Crippen molar-refractivity contribution >= 4 is 22.8 Å². The molecule has 0 saturated carbocycles. The number of aromatic carboxylic acids is 2. The van der Waals surface area contributed by atoms with E-state index in [1.165, 1.54) is 12.1 Å². The standard InChI is InChI=1S/C19H17NO4/c1-10(2)13-4-3-5-14-15(17(19(23)24)20-16(13)14)11-6-8-12(9-7-11)18(21)22/h3-10,20H,1-2H3,(H,21,22)(H,23,24). The van der Waals surface area contributed by atoms with Crippen LogP contribution in [-0.4, -0.2) is 27.1 Å². The number of carboxylic acids is 2. The molecule has 0 unspecified atom stereocenters. The summed E-state index contributed by atoms with van der Waals surface area (Å²) in [4.78, 5) is 25.7. The Morgan fingerprint density at radius 2 is 1.62 bits per heavy atom. The lowest BCUT2D eigenvalue weighted by Gasteiger charge is -2.07. The largest absolute Gasteiger partial charge is 0.478 e. The van der Waals surface area contributed by atoms with Crippen LogP contribution in [0.3, 0.4) is 0 Å². The Labute approximate surface area is 138 Å². The average molecular weight is 323 g/mol. The van der Waals surface area contributed by atoms with Crippen LogP contribution in [0.15, 0.2) is 42.5 Å². The van der Waals surface area contributed by atoms with Gasteiger partial charge in [-0.3, -0.25) is 0 Å². The molecular weight excluding hydrogens is 306 g/mol. The molecule has 24 heavy (non-hydrogen) atoms. The van der Waals surface area contributed by atoms with E-state index >= 15 is 0 Å². The molecule has 0 amide bonds. The van der Waals surface area contributed by atoms with E-state index in [2.05, 4.69) is 18.8 Å². The van der Waals surface area contributed by atoms with Gasteiger partial charge in [0, 0.05) is 10.9 Å². The van der Waals surface area contributed by atoms with E-state index in [1.54, 1.807) is 12.1 Å². The molecule has 0 aliphatic carbocycles. The zero-order valence-corrected chi connectivity index (χ0v) is 13.3. The molecule has 122 valence electrons. The van der Waals surface area contributed by atoms with Crippen LogP contribution in [0.5, 0.6) is 0 Å². The average Bonchev–Trinajstić information content (AvgIpc) is 2.94. The van der Waals surface area contributed by atoms with Crippen LogP contribution in [0.2, 0.25) is 0 Å². The molecule has 5 heteroatoms. The minimum atomic E-state index is -1.04. The lowest BCUT2D eigenvalue weighted by atomic mass is 9.96. The molecule has 0 atom stereocenters. The van der Waals surface area contributed by atoms with E-state index < -0.39 is 11.9 Å². The first-order valence-electron chi connectivity index (χ1n) is 7.61. The molecule has 1 heterocycles. The minimum absolute atomic E-state index is 0.112. The van der Waals surface area contributed by atoms with Crippen molar-refractivity contribution in [2.75, 3.05) is 0 Å². The van der Waals surface area contributed by atoms with Crippen molar-refractivity contribution in [2.24, 2.45) is 0 Å². The van der Waals surface area contributed by atoms with Gasteiger partial charge in [-0.25, -0.2) is 9.59 Å². The molecule has 3 rings (SSSR count). The SMILES string of the molecule is CC(C)c1cccc2c(-c3ccc(C(=O)O)cc3)c(C(=O)O)[nH]c12. The Morgan fingerprint density at radius 1 is 0.958 bits per heavy atom. The first kappa shape index (κ1) is 15.8.